The Labute approximate surface area is 163 Å². The molecule has 0 saturated carbocycles. The van der Waals surface area contributed by atoms with Crippen LogP contribution in [0.5, 0.6) is 0 Å². The minimum atomic E-state index is -0.315. The quantitative estimate of drug-likeness (QED) is 0.670. The zero-order valence-electron chi connectivity index (χ0n) is 16.7. The van der Waals surface area contributed by atoms with Gasteiger partial charge in [0.1, 0.15) is 0 Å². The van der Waals surface area contributed by atoms with Gasteiger partial charge in [0, 0.05) is 25.4 Å². The van der Waals surface area contributed by atoms with Crippen molar-refractivity contribution in [2.24, 2.45) is 4.99 Å². The lowest BCUT2D eigenvalue weighted by Gasteiger charge is -2.06. The minimum absolute atomic E-state index is 0.202. The molecule has 2 aromatic heterocycles. The lowest BCUT2D eigenvalue weighted by atomic mass is 10.1. The maximum Gasteiger partial charge on any atom is 0.300 e. The summed E-state index contributed by atoms with van der Waals surface area (Å²) in [5, 5.41) is 4.43. The van der Waals surface area contributed by atoms with Crippen molar-refractivity contribution in [3.05, 3.63) is 45.5 Å². The highest BCUT2D eigenvalue weighted by Gasteiger charge is 2.15. The molecule has 27 heavy (non-hydrogen) atoms. The van der Waals surface area contributed by atoms with E-state index >= 15 is 0 Å². The van der Waals surface area contributed by atoms with Crippen LogP contribution in [-0.2, 0) is 11.3 Å². The van der Waals surface area contributed by atoms with Gasteiger partial charge in [-0.3, -0.25) is 9.48 Å². The number of hydrogen-bond donors (Lipinski definition) is 0. The van der Waals surface area contributed by atoms with E-state index in [1.165, 1.54) is 22.5 Å². The first-order valence-corrected chi connectivity index (χ1v) is 9.88. The summed E-state index contributed by atoms with van der Waals surface area (Å²) in [6.45, 7) is 11.4. The van der Waals surface area contributed by atoms with Crippen molar-refractivity contribution in [1.82, 2.24) is 14.3 Å². The van der Waals surface area contributed by atoms with E-state index < -0.39 is 0 Å². The number of hydrogen-bond acceptors (Lipinski definition) is 4. The number of carbonyl (C=O) groups excluding carboxylic acids is 1. The highest BCUT2D eigenvalue weighted by atomic mass is 32.1. The summed E-state index contributed by atoms with van der Waals surface area (Å²) in [4.78, 5) is 17.9. The molecule has 0 spiro atoms. The van der Waals surface area contributed by atoms with Gasteiger partial charge in [0.15, 0.2) is 10.5 Å². The van der Waals surface area contributed by atoms with Crippen LogP contribution < -0.4 is 4.80 Å². The number of rotatable bonds is 5. The van der Waals surface area contributed by atoms with Gasteiger partial charge in [-0.05, 0) is 57.9 Å². The third kappa shape index (κ3) is 3.89. The first-order chi connectivity index (χ1) is 12.8. The second-order valence-corrected chi connectivity index (χ2v) is 8.06. The van der Waals surface area contributed by atoms with E-state index in [0.29, 0.717) is 23.6 Å². The fraction of sp³-hybridized carbons (Fsp3) is 0.450. The Morgan fingerprint density at radius 2 is 2.00 bits per heavy atom. The normalized spacial score (nSPS) is 12.5. The lowest BCUT2D eigenvalue weighted by Crippen LogP contribution is -2.19. The summed E-state index contributed by atoms with van der Waals surface area (Å²) in [7, 11) is 1.68. The van der Waals surface area contributed by atoms with Crippen LogP contribution in [-0.4, -0.2) is 34.0 Å². The first kappa shape index (κ1) is 19.5. The number of nitrogens with zero attached hydrogens (tertiary/aromatic N) is 4. The highest BCUT2D eigenvalue weighted by Crippen LogP contribution is 2.23. The highest BCUT2D eigenvalue weighted by molar-refractivity contribution is 7.16. The Morgan fingerprint density at radius 3 is 2.63 bits per heavy atom. The third-order valence-corrected chi connectivity index (χ3v) is 5.69. The van der Waals surface area contributed by atoms with Crippen molar-refractivity contribution in [2.45, 2.75) is 47.2 Å². The molecular formula is C20H26N4O2S. The molecule has 0 aliphatic rings. The molecule has 7 heteroatoms. The minimum Gasteiger partial charge on any atom is -0.383 e. The van der Waals surface area contributed by atoms with Crippen LogP contribution in [0.4, 0.5) is 0 Å². The van der Waals surface area contributed by atoms with Crippen molar-refractivity contribution in [3.63, 3.8) is 0 Å². The molecule has 0 bridgehead atoms. The molecule has 0 radical (unpaired) electrons. The van der Waals surface area contributed by atoms with Crippen LogP contribution >= 0.6 is 11.3 Å². The van der Waals surface area contributed by atoms with E-state index in [2.05, 4.69) is 40.6 Å². The fourth-order valence-corrected chi connectivity index (χ4v) is 4.36. The molecule has 3 aromatic rings. The lowest BCUT2D eigenvalue weighted by molar-refractivity contribution is 0.0991. The molecular weight excluding hydrogens is 360 g/mol. The van der Waals surface area contributed by atoms with Gasteiger partial charge < -0.3 is 9.30 Å². The average molecular weight is 387 g/mol. The number of fused-ring (bicyclic) bond motifs is 1. The van der Waals surface area contributed by atoms with E-state index in [0.717, 1.165) is 15.9 Å². The number of benzene rings is 1. The number of ether oxygens (including phenoxy) is 1. The van der Waals surface area contributed by atoms with Crippen LogP contribution in [0, 0.1) is 20.8 Å². The predicted molar refractivity (Wildman–Crippen MR) is 108 cm³/mol. The van der Waals surface area contributed by atoms with Crippen LogP contribution in [0.1, 0.15) is 47.2 Å². The predicted octanol–water partition coefficient (Wildman–Crippen LogP) is 3.79. The topological polar surface area (TPSA) is 61.4 Å². The SMILES string of the molecule is COCCn1c(=NC(=O)c2cc(C)n(C(C)C)n2)sc2c(C)cc(C)cc21. The van der Waals surface area contributed by atoms with E-state index in [9.17, 15) is 4.79 Å². The molecule has 0 aliphatic carbocycles. The third-order valence-electron chi connectivity index (χ3n) is 4.46. The summed E-state index contributed by atoms with van der Waals surface area (Å²) < 4.78 is 10.3. The molecule has 0 unspecified atom stereocenters. The van der Waals surface area contributed by atoms with Crippen LogP contribution in [0.3, 0.4) is 0 Å². The molecule has 1 amide bonds. The Balaban J connectivity index is 2.13. The molecule has 2 heterocycles. The maximum atomic E-state index is 12.8. The zero-order valence-corrected chi connectivity index (χ0v) is 17.6. The summed E-state index contributed by atoms with van der Waals surface area (Å²) in [6.07, 6.45) is 0. The van der Waals surface area contributed by atoms with Gasteiger partial charge in [-0.1, -0.05) is 17.4 Å². The van der Waals surface area contributed by atoms with E-state index in [1.807, 2.05) is 25.5 Å². The smallest absolute Gasteiger partial charge is 0.300 e. The van der Waals surface area contributed by atoms with Gasteiger partial charge in [-0.25, -0.2) is 0 Å². The van der Waals surface area contributed by atoms with Crippen LogP contribution in [0.15, 0.2) is 23.2 Å². The van der Waals surface area contributed by atoms with Gasteiger partial charge in [-0.15, -0.1) is 0 Å². The monoisotopic (exact) mass is 386 g/mol. The zero-order chi connectivity index (χ0) is 19.7. The van der Waals surface area contributed by atoms with Crippen molar-refractivity contribution < 1.29 is 9.53 Å². The van der Waals surface area contributed by atoms with Gasteiger partial charge in [-0.2, -0.15) is 10.1 Å². The number of aromatic nitrogens is 3. The number of aryl methyl sites for hydroxylation is 3. The molecule has 0 aliphatic heterocycles. The Kier molecular flexibility index (Phi) is 5.62. The van der Waals surface area contributed by atoms with Crippen molar-refractivity contribution in [2.75, 3.05) is 13.7 Å². The van der Waals surface area contributed by atoms with Crippen molar-refractivity contribution in [3.8, 4) is 0 Å². The van der Waals surface area contributed by atoms with Gasteiger partial charge >= 0.3 is 0 Å². The van der Waals surface area contributed by atoms with E-state index in [1.54, 1.807) is 13.2 Å². The number of methoxy groups -OCH3 is 1. The Hall–Kier alpha value is -2.25. The number of carbonyl (C=O) groups is 1. The largest absolute Gasteiger partial charge is 0.383 e. The second-order valence-electron chi connectivity index (χ2n) is 7.09. The van der Waals surface area contributed by atoms with Crippen molar-refractivity contribution in [1.29, 1.82) is 0 Å². The number of thiazole rings is 1. The van der Waals surface area contributed by atoms with Gasteiger partial charge in [0.05, 0.1) is 16.8 Å². The molecule has 3 rings (SSSR count). The Bertz CT molecular complexity index is 1060. The standard InChI is InChI=1S/C20H26N4O2S/c1-12(2)24-15(5)11-16(22-24)19(25)21-20-23(7-8-26-6)17-10-13(3)9-14(4)18(17)27-20/h9-12H,7-8H2,1-6H3. The fourth-order valence-electron chi connectivity index (χ4n) is 3.26. The molecule has 0 N–H and O–H groups in total. The Morgan fingerprint density at radius 1 is 1.26 bits per heavy atom. The van der Waals surface area contributed by atoms with Gasteiger partial charge in [0.25, 0.3) is 5.91 Å². The summed E-state index contributed by atoms with van der Waals surface area (Å²) in [6, 6.07) is 6.29. The first-order valence-electron chi connectivity index (χ1n) is 9.06. The second kappa shape index (κ2) is 7.78. The summed E-state index contributed by atoms with van der Waals surface area (Å²) >= 11 is 1.54. The van der Waals surface area contributed by atoms with E-state index in [-0.39, 0.29) is 11.9 Å². The van der Waals surface area contributed by atoms with Gasteiger partial charge in [0.2, 0.25) is 0 Å². The molecule has 144 valence electrons. The molecule has 1 aromatic carbocycles. The molecule has 0 atom stereocenters. The number of amides is 1. The summed E-state index contributed by atoms with van der Waals surface area (Å²) in [5.41, 5.74) is 4.80. The summed E-state index contributed by atoms with van der Waals surface area (Å²) in [5.74, 6) is -0.315. The molecule has 6 nitrogen and oxygen atoms in total. The average Bonchev–Trinajstić information content (AvgIpc) is 3.14. The van der Waals surface area contributed by atoms with E-state index in [4.69, 9.17) is 4.74 Å². The van der Waals surface area contributed by atoms with Crippen LogP contribution in [0.2, 0.25) is 0 Å². The van der Waals surface area contributed by atoms with Crippen LogP contribution in [0.25, 0.3) is 10.2 Å². The van der Waals surface area contributed by atoms with Crippen molar-refractivity contribution >= 4 is 27.5 Å². The molecule has 0 saturated heterocycles. The molecule has 0 fully saturated rings. The maximum absolute atomic E-state index is 12.8.